The zero-order valence-electron chi connectivity index (χ0n) is 15.8. The number of pyridine rings is 1. The molecule has 0 radical (unpaired) electrons. The van der Waals surface area contributed by atoms with Crippen molar-refractivity contribution >= 4 is 5.69 Å². The largest absolute Gasteiger partial charge is 0.489 e. The van der Waals surface area contributed by atoms with E-state index in [0.717, 1.165) is 0 Å². The van der Waals surface area contributed by atoms with Gasteiger partial charge in [0.1, 0.15) is 18.1 Å². The number of nitro groups is 1. The molecule has 0 saturated carbocycles. The molecule has 0 bridgehead atoms. The fourth-order valence-electron chi connectivity index (χ4n) is 2.62. The highest BCUT2D eigenvalue weighted by atomic mass is 19.4. The molecule has 3 aromatic rings. The van der Waals surface area contributed by atoms with E-state index < -0.39 is 40.6 Å². The Kier molecular flexibility index (Phi) is 6.23. The summed E-state index contributed by atoms with van der Waals surface area (Å²) < 4.78 is 88.4. The highest BCUT2D eigenvalue weighted by Crippen LogP contribution is 2.38. The number of rotatable bonds is 6. The summed E-state index contributed by atoms with van der Waals surface area (Å²) in [4.78, 5) is 14.1. The molecule has 6 nitrogen and oxygen atoms in total. The average Bonchev–Trinajstić information content (AvgIpc) is 2.72. The Morgan fingerprint density at radius 1 is 0.906 bits per heavy atom. The van der Waals surface area contributed by atoms with Crippen molar-refractivity contribution in [1.29, 1.82) is 0 Å². The van der Waals surface area contributed by atoms with E-state index in [1.54, 1.807) is 0 Å². The van der Waals surface area contributed by atoms with Crippen LogP contribution >= 0.6 is 0 Å². The molecule has 0 aliphatic carbocycles. The van der Waals surface area contributed by atoms with Gasteiger partial charge in [-0.3, -0.25) is 10.1 Å². The predicted molar refractivity (Wildman–Crippen MR) is 98.2 cm³/mol. The number of hydrogen-bond donors (Lipinski definition) is 0. The molecule has 0 atom stereocenters. The van der Waals surface area contributed by atoms with Crippen LogP contribution in [0.3, 0.4) is 0 Å². The highest BCUT2D eigenvalue weighted by molar-refractivity contribution is 5.43. The minimum atomic E-state index is -5.00. The summed E-state index contributed by atoms with van der Waals surface area (Å²) in [5.41, 5.74) is -3.71. The molecule has 0 aliphatic rings. The number of benzene rings is 2. The predicted octanol–water partition coefficient (Wildman–Crippen LogP) is 6.40. The van der Waals surface area contributed by atoms with Gasteiger partial charge in [-0.25, -0.2) is 4.98 Å². The lowest BCUT2D eigenvalue weighted by atomic mass is 10.0. The van der Waals surface area contributed by atoms with Crippen molar-refractivity contribution in [3.05, 3.63) is 87.6 Å². The van der Waals surface area contributed by atoms with Gasteiger partial charge in [-0.2, -0.15) is 26.3 Å². The maximum absolute atomic E-state index is 13.2. The van der Waals surface area contributed by atoms with E-state index in [2.05, 4.69) is 4.98 Å². The lowest BCUT2D eigenvalue weighted by Gasteiger charge is -2.16. The van der Waals surface area contributed by atoms with Crippen molar-refractivity contribution in [3.8, 4) is 17.4 Å². The zero-order valence-corrected chi connectivity index (χ0v) is 15.8. The first kappa shape index (κ1) is 22.8. The molecule has 168 valence electrons. The first-order valence-corrected chi connectivity index (χ1v) is 8.72. The van der Waals surface area contributed by atoms with Crippen LogP contribution in [0, 0.1) is 10.1 Å². The van der Waals surface area contributed by atoms with E-state index in [-0.39, 0.29) is 29.1 Å². The number of aromatic nitrogens is 1. The molecular formula is C20H12F6N2O4. The minimum absolute atomic E-state index is 0.0371. The third kappa shape index (κ3) is 5.45. The standard InChI is InChI=1S/C20H12F6N2O4/c21-19(22,23)13-4-3-12(16(10-13)20(24,25)26)11-31-14-5-7-15(8-6-14)32-18-17(28(29)30)2-1-9-27-18/h1-10H,11H2. The van der Waals surface area contributed by atoms with Gasteiger partial charge < -0.3 is 9.47 Å². The summed E-state index contributed by atoms with van der Waals surface area (Å²) in [5, 5.41) is 11.0. The van der Waals surface area contributed by atoms with Gasteiger partial charge in [0.2, 0.25) is 0 Å². The Labute approximate surface area is 176 Å². The van der Waals surface area contributed by atoms with Crippen molar-refractivity contribution in [2.75, 3.05) is 0 Å². The number of alkyl halides is 6. The Hall–Kier alpha value is -3.83. The maximum Gasteiger partial charge on any atom is 0.416 e. The van der Waals surface area contributed by atoms with E-state index in [9.17, 15) is 36.5 Å². The van der Waals surface area contributed by atoms with Gasteiger partial charge in [0.05, 0.1) is 16.1 Å². The van der Waals surface area contributed by atoms with E-state index >= 15 is 0 Å². The van der Waals surface area contributed by atoms with Crippen LogP contribution in [0.25, 0.3) is 0 Å². The van der Waals surface area contributed by atoms with Gasteiger partial charge in [0, 0.05) is 17.8 Å². The lowest BCUT2D eigenvalue weighted by Crippen LogP contribution is -2.14. The van der Waals surface area contributed by atoms with Crippen LogP contribution < -0.4 is 9.47 Å². The molecule has 0 unspecified atom stereocenters. The molecule has 0 N–H and O–H groups in total. The first-order valence-electron chi connectivity index (χ1n) is 8.72. The molecule has 0 spiro atoms. The van der Waals surface area contributed by atoms with Crippen LogP contribution in [-0.2, 0) is 19.0 Å². The average molecular weight is 458 g/mol. The van der Waals surface area contributed by atoms with Crippen molar-refractivity contribution < 1.29 is 40.7 Å². The van der Waals surface area contributed by atoms with Gasteiger partial charge >= 0.3 is 18.0 Å². The Morgan fingerprint density at radius 3 is 2.16 bits per heavy atom. The van der Waals surface area contributed by atoms with Crippen LogP contribution in [0.1, 0.15) is 16.7 Å². The molecule has 0 fully saturated rings. The van der Waals surface area contributed by atoms with Crippen molar-refractivity contribution in [3.63, 3.8) is 0 Å². The zero-order chi connectivity index (χ0) is 23.5. The first-order chi connectivity index (χ1) is 14.9. The summed E-state index contributed by atoms with van der Waals surface area (Å²) >= 11 is 0. The third-order valence-corrected chi connectivity index (χ3v) is 4.12. The molecule has 1 heterocycles. The Balaban J connectivity index is 1.74. The van der Waals surface area contributed by atoms with Crippen LogP contribution in [0.2, 0.25) is 0 Å². The number of halogens is 6. The van der Waals surface area contributed by atoms with Crippen molar-refractivity contribution in [1.82, 2.24) is 4.98 Å². The number of hydrogen-bond acceptors (Lipinski definition) is 5. The number of nitrogens with zero attached hydrogens (tertiary/aromatic N) is 2. The number of ether oxygens (including phenoxy) is 2. The van der Waals surface area contributed by atoms with Crippen molar-refractivity contribution in [2.24, 2.45) is 0 Å². The summed E-state index contributed by atoms with van der Waals surface area (Å²) in [6.45, 7) is -0.640. The van der Waals surface area contributed by atoms with Gasteiger partial charge in [-0.05, 0) is 42.5 Å². The Bertz CT molecular complexity index is 1110. The topological polar surface area (TPSA) is 74.5 Å². The molecule has 0 aliphatic heterocycles. The Morgan fingerprint density at radius 2 is 1.56 bits per heavy atom. The second-order valence-electron chi connectivity index (χ2n) is 6.31. The molecule has 1 aromatic heterocycles. The normalized spacial score (nSPS) is 11.8. The summed E-state index contributed by atoms with van der Waals surface area (Å²) in [7, 11) is 0. The van der Waals surface area contributed by atoms with E-state index in [1.807, 2.05) is 0 Å². The smallest absolute Gasteiger partial charge is 0.416 e. The molecule has 32 heavy (non-hydrogen) atoms. The molecule has 3 rings (SSSR count). The maximum atomic E-state index is 13.2. The fourth-order valence-corrected chi connectivity index (χ4v) is 2.62. The summed E-state index contributed by atoms with van der Waals surface area (Å²) in [6, 6.07) is 9.17. The summed E-state index contributed by atoms with van der Waals surface area (Å²) in [6.07, 6.45) is -8.63. The molecular weight excluding hydrogens is 446 g/mol. The van der Waals surface area contributed by atoms with Gasteiger partial charge in [0.15, 0.2) is 0 Å². The highest BCUT2D eigenvalue weighted by Gasteiger charge is 2.38. The second-order valence-corrected chi connectivity index (χ2v) is 6.31. The van der Waals surface area contributed by atoms with E-state index in [0.29, 0.717) is 12.1 Å². The van der Waals surface area contributed by atoms with E-state index in [1.165, 1.54) is 42.6 Å². The fraction of sp³-hybridized carbons (Fsp3) is 0.150. The molecule has 0 saturated heterocycles. The monoisotopic (exact) mass is 458 g/mol. The molecule has 12 heteroatoms. The minimum Gasteiger partial charge on any atom is -0.489 e. The third-order valence-electron chi connectivity index (χ3n) is 4.12. The van der Waals surface area contributed by atoms with Gasteiger partial charge in [-0.15, -0.1) is 0 Å². The van der Waals surface area contributed by atoms with E-state index in [4.69, 9.17) is 9.47 Å². The molecule has 0 amide bonds. The van der Waals surface area contributed by atoms with Gasteiger partial charge in [0.25, 0.3) is 5.88 Å². The lowest BCUT2D eigenvalue weighted by molar-refractivity contribution is -0.386. The SMILES string of the molecule is O=[N+]([O-])c1cccnc1Oc1ccc(OCc2ccc(C(F)(F)F)cc2C(F)(F)F)cc1. The van der Waals surface area contributed by atoms with Gasteiger partial charge in [-0.1, -0.05) is 6.07 Å². The van der Waals surface area contributed by atoms with Crippen LogP contribution in [0.5, 0.6) is 17.4 Å². The summed E-state index contributed by atoms with van der Waals surface area (Å²) in [5.74, 6) is -0.0173. The van der Waals surface area contributed by atoms with Crippen LogP contribution in [0.4, 0.5) is 32.0 Å². The molecule has 2 aromatic carbocycles. The van der Waals surface area contributed by atoms with Crippen LogP contribution in [0.15, 0.2) is 60.8 Å². The quantitative estimate of drug-likeness (QED) is 0.243. The van der Waals surface area contributed by atoms with Crippen molar-refractivity contribution in [2.45, 2.75) is 19.0 Å². The second kappa shape index (κ2) is 8.73. The van der Waals surface area contributed by atoms with Crippen LogP contribution in [-0.4, -0.2) is 9.91 Å².